The normalized spacial score (nSPS) is 22.5. The van der Waals surface area contributed by atoms with Gasteiger partial charge in [0.15, 0.2) is 0 Å². The molecule has 2 heterocycles. The van der Waals surface area contributed by atoms with Crippen molar-refractivity contribution < 1.29 is 14.4 Å². The second kappa shape index (κ2) is 4.45. The van der Waals surface area contributed by atoms with E-state index < -0.39 is 11.9 Å². The second-order valence-corrected chi connectivity index (χ2v) is 5.50. The molecule has 6 heteroatoms. The van der Waals surface area contributed by atoms with Gasteiger partial charge < -0.3 is 0 Å². The first-order valence-electron chi connectivity index (χ1n) is 6.01. The zero-order valence-electron chi connectivity index (χ0n) is 9.98. The molecule has 2 aliphatic heterocycles. The van der Waals surface area contributed by atoms with Crippen molar-refractivity contribution in [3.63, 3.8) is 0 Å². The first kappa shape index (κ1) is 12.3. The standard InChI is InChI=1S/C13H11BrN2O3/c14-8-2-1-3-9-7(8)6-12(18)16(9)10-4-5-11(17)15-13(10)19/h1-3,10H,4-6H2,(H,15,17,19). The summed E-state index contributed by atoms with van der Waals surface area (Å²) in [5.41, 5.74) is 1.66. The highest BCUT2D eigenvalue weighted by Gasteiger charge is 2.39. The van der Waals surface area contributed by atoms with Gasteiger partial charge >= 0.3 is 0 Å². The summed E-state index contributed by atoms with van der Waals surface area (Å²) in [7, 11) is 0. The van der Waals surface area contributed by atoms with Crippen molar-refractivity contribution in [1.29, 1.82) is 0 Å². The van der Waals surface area contributed by atoms with Gasteiger partial charge in [-0.05, 0) is 24.1 Å². The molecule has 1 atom stereocenters. The van der Waals surface area contributed by atoms with Crippen LogP contribution in [0.15, 0.2) is 22.7 Å². The monoisotopic (exact) mass is 322 g/mol. The van der Waals surface area contributed by atoms with Gasteiger partial charge in [-0.1, -0.05) is 22.0 Å². The predicted octanol–water partition coefficient (Wildman–Crippen LogP) is 1.14. The molecule has 1 unspecified atom stereocenters. The number of nitrogens with one attached hydrogen (secondary N) is 1. The lowest BCUT2D eigenvalue weighted by Gasteiger charge is -2.30. The average molecular weight is 323 g/mol. The number of benzene rings is 1. The van der Waals surface area contributed by atoms with Gasteiger partial charge in [-0.15, -0.1) is 0 Å². The number of piperidine rings is 1. The Labute approximate surface area is 118 Å². The molecule has 3 rings (SSSR count). The molecule has 1 fully saturated rings. The number of carbonyl (C=O) groups is 3. The van der Waals surface area contributed by atoms with Crippen LogP contribution in [0.4, 0.5) is 5.69 Å². The third-order valence-corrected chi connectivity index (χ3v) is 4.22. The van der Waals surface area contributed by atoms with Crippen LogP contribution in [0.1, 0.15) is 18.4 Å². The molecule has 19 heavy (non-hydrogen) atoms. The third-order valence-electron chi connectivity index (χ3n) is 3.47. The van der Waals surface area contributed by atoms with E-state index in [1.54, 1.807) is 0 Å². The maximum atomic E-state index is 12.1. The summed E-state index contributed by atoms with van der Waals surface area (Å²) in [6.45, 7) is 0. The Bertz CT molecular complexity index is 600. The van der Waals surface area contributed by atoms with Gasteiger partial charge in [0.25, 0.3) is 0 Å². The molecule has 1 aromatic rings. The number of hydrogen-bond donors (Lipinski definition) is 1. The average Bonchev–Trinajstić information content (AvgIpc) is 2.68. The number of rotatable bonds is 1. The number of hydrogen-bond acceptors (Lipinski definition) is 3. The number of imide groups is 1. The van der Waals surface area contributed by atoms with Crippen LogP contribution in [0.5, 0.6) is 0 Å². The number of nitrogens with zero attached hydrogens (tertiary/aromatic N) is 1. The van der Waals surface area contributed by atoms with Crippen molar-refractivity contribution in [2.24, 2.45) is 0 Å². The topological polar surface area (TPSA) is 66.5 Å². The van der Waals surface area contributed by atoms with Crippen molar-refractivity contribution in [3.8, 4) is 0 Å². The Morgan fingerprint density at radius 1 is 1.26 bits per heavy atom. The molecule has 98 valence electrons. The SMILES string of the molecule is O=C1CCC(N2C(=O)Cc3c(Br)cccc32)C(=O)N1. The summed E-state index contributed by atoms with van der Waals surface area (Å²) < 4.78 is 0.869. The fraction of sp³-hybridized carbons (Fsp3) is 0.308. The van der Waals surface area contributed by atoms with Gasteiger partial charge in [0.1, 0.15) is 6.04 Å². The summed E-state index contributed by atoms with van der Waals surface area (Å²) in [6.07, 6.45) is 0.931. The Hall–Kier alpha value is -1.69. The lowest BCUT2D eigenvalue weighted by Crippen LogP contribution is -2.53. The van der Waals surface area contributed by atoms with E-state index in [0.717, 1.165) is 15.7 Å². The molecule has 0 bridgehead atoms. The lowest BCUT2D eigenvalue weighted by atomic mass is 10.0. The summed E-state index contributed by atoms with van der Waals surface area (Å²) in [5, 5.41) is 2.29. The van der Waals surface area contributed by atoms with E-state index in [2.05, 4.69) is 21.2 Å². The second-order valence-electron chi connectivity index (χ2n) is 4.64. The molecule has 5 nitrogen and oxygen atoms in total. The van der Waals surface area contributed by atoms with Gasteiger partial charge in [0, 0.05) is 16.6 Å². The van der Waals surface area contributed by atoms with Crippen molar-refractivity contribution in [2.75, 3.05) is 4.90 Å². The molecular formula is C13H11BrN2O3. The largest absolute Gasteiger partial charge is 0.299 e. The lowest BCUT2D eigenvalue weighted by molar-refractivity contribution is -0.135. The number of fused-ring (bicyclic) bond motifs is 1. The molecule has 0 aliphatic carbocycles. The summed E-state index contributed by atoms with van der Waals surface area (Å²) in [6, 6.07) is 4.95. The molecular weight excluding hydrogens is 312 g/mol. The first-order valence-corrected chi connectivity index (χ1v) is 6.80. The zero-order valence-corrected chi connectivity index (χ0v) is 11.6. The summed E-state index contributed by atoms with van der Waals surface area (Å²) in [4.78, 5) is 36.7. The minimum atomic E-state index is -0.583. The predicted molar refractivity (Wildman–Crippen MR) is 71.5 cm³/mol. The summed E-state index contributed by atoms with van der Waals surface area (Å²) in [5.74, 6) is -0.767. The molecule has 1 aromatic carbocycles. The molecule has 1 saturated heterocycles. The molecule has 0 radical (unpaired) electrons. The molecule has 0 spiro atoms. The van der Waals surface area contributed by atoms with E-state index in [1.807, 2.05) is 18.2 Å². The van der Waals surface area contributed by atoms with E-state index >= 15 is 0 Å². The van der Waals surface area contributed by atoms with Gasteiger partial charge in [-0.3, -0.25) is 24.6 Å². The van der Waals surface area contributed by atoms with Crippen LogP contribution in [-0.2, 0) is 20.8 Å². The van der Waals surface area contributed by atoms with Crippen LogP contribution in [-0.4, -0.2) is 23.8 Å². The van der Waals surface area contributed by atoms with Gasteiger partial charge in [0.05, 0.1) is 6.42 Å². The third kappa shape index (κ3) is 1.96. The number of halogens is 1. The van der Waals surface area contributed by atoms with Gasteiger partial charge in [-0.2, -0.15) is 0 Å². The van der Waals surface area contributed by atoms with Crippen LogP contribution >= 0.6 is 15.9 Å². The van der Waals surface area contributed by atoms with Crippen LogP contribution in [0.2, 0.25) is 0 Å². The van der Waals surface area contributed by atoms with Crippen LogP contribution in [0.25, 0.3) is 0 Å². The Morgan fingerprint density at radius 3 is 2.79 bits per heavy atom. The Kier molecular flexibility index (Phi) is 2.89. The number of amides is 3. The Morgan fingerprint density at radius 2 is 2.05 bits per heavy atom. The number of anilines is 1. The van der Waals surface area contributed by atoms with Gasteiger partial charge in [0.2, 0.25) is 17.7 Å². The molecule has 0 aromatic heterocycles. The maximum Gasteiger partial charge on any atom is 0.249 e. The van der Waals surface area contributed by atoms with E-state index in [1.165, 1.54) is 4.90 Å². The van der Waals surface area contributed by atoms with E-state index in [-0.39, 0.29) is 24.7 Å². The fourth-order valence-corrected chi connectivity index (χ4v) is 3.08. The smallest absolute Gasteiger partial charge is 0.249 e. The highest BCUT2D eigenvalue weighted by molar-refractivity contribution is 9.10. The maximum absolute atomic E-state index is 12.1. The van der Waals surface area contributed by atoms with Crippen molar-refractivity contribution in [3.05, 3.63) is 28.2 Å². The van der Waals surface area contributed by atoms with Crippen molar-refractivity contribution in [1.82, 2.24) is 5.32 Å². The minimum absolute atomic E-state index is 0.101. The van der Waals surface area contributed by atoms with E-state index in [0.29, 0.717) is 6.42 Å². The zero-order chi connectivity index (χ0) is 13.6. The van der Waals surface area contributed by atoms with Crippen molar-refractivity contribution in [2.45, 2.75) is 25.3 Å². The summed E-state index contributed by atoms with van der Waals surface area (Å²) >= 11 is 3.42. The Balaban J connectivity index is 1.98. The van der Waals surface area contributed by atoms with Crippen molar-refractivity contribution >= 4 is 39.3 Å². The van der Waals surface area contributed by atoms with Gasteiger partial charge in [-0.25, -0.2) is 0 Å². The van der Waals surface area contributed by atoms with Crippen LogP contribution in [0.3, 0.4) is 0 Å². The molecule has 0 saturated carbocycles. The van der Waals surface area contributed by atoms with E-state index in [4.69, 9.17) is 0 Å². The highest BCUT2D eigenvalue weighted by atomic mass is 79.9. The first-order chi connectivity index (χ1) is 9.08. The van der Waals surface area contributed by atoms with Crippen LogP contribution < -0.4 is 10.2 Å². The molecule has 3 amide bonds. The fourth-order valence-electron chi connectivity index (χ4n) is 2.59. The molecule has 1 N–H and O–H groups in total. The van der Waals surface area contributed by atoms with E-state index in [9.17, 15) is 14.4 Å². The highest BCUT2D eigenvalue weighted by Crippen LogP contribution is 2.36. The van der Waals surface area contributed by atoms with Crippen LogP contribution in [0, 0.1) is 0 Å². The minimum Gasteiger partial charge on any atom is -0.299 e. The quantitative estimate of drug-likeness (QED) is 0.788. The molecule has 2 aliphatic rings. The number of carbonyl (C=O) groups excluding carboxylic acids is 3.